The topological polar surface area (TPSA) is 17.1 Å². The second-order valence-corrected chi connectivity index (χ2v) is 3.57. The van der Waals surface area contributed by atoms with Crippen LogP contribution in [0.2, 0.25) is 0 Å². The Hall–Kier alpha value is -0.330. The van der Waals surface area contributed by atoms with Gasteiger partial charge in [-0.3, -0.25) is 0 Å². The zero-order valence-corrected chi connectivity index (χ0v) is 8.57. The number of hydrogen-bond donors (Lipinski definition) is 0. The molecular weight excluding hydrogens is 148 g/mol. The predicted octanol–water partition coefficient (Wildman–Crippen LogP) is 3.72. The molecule has 0 aromatic heterocycles. The molecule has 0 saturated heterocycles. The lowest BCUT2D eigenvalue weighted by molar-refractivity contribution is -0.117. The minimum Gasteiger partial charge on any atom is -0.300 e. The summed E-state index contributed by atoms with van der Waals surface area (Å²) in [6.45, 7) is 3.91. The second-order valence-electron chi connectivity index (χ2n) is 3.57. The third-order valence-corrected chi connectivity index (χ3v) is 2.13. The lowest BCUT2D eigenvalue weighted by atomic mass is 10.1. The van der Waals surface area contributed by atoms with E-state index < -0.39 is 0 Å². The van der Waals surface area contributed by atoms with Crippen LogP contribution in [0.25, 0.3) is 0 Å². The normalized spacial score (nSPS) is 10.2. The molecule has 0 aromatic carbocycles. The first-order chi connectivity index (χ1) is 5.77. The van der Waals surface area contributed by atoms with Crippen molar-refractivity contribution in [2.45, 2.75) is 65.2 Å². The Morgan fingerprint density at radius 2 is 1.42 bits per heavy atom. The molecule has 0 N–H and O–H groups in total. The van der Waals surface area contributed by atoms with Gasteiger partial charge in [-0.1, -0.05) is 45.4 Å². The standard InChI is InChI=1S/C11H22O/c1-3-4-5-6-7-8-9-10-11(2)12/h3-10H2,1-2H3. The molecule has 0 heterocycles. The van der Waals surface area contributed by atoms with Gasteiger partial charge in [-0.05, 0) is 13.3 Å². The Balaban J connectivity index is 2.86. The quantitative estimate of drug-likeness (QED) is 0.507. The van der Waals surface area contributed by atoms with Crippen LogP contribution >= 0.6 is 0 Å². The number of carbonyl (C=O) groups excluding carboxylic acids is 1. The zero-order valence-electron chi connectivity index (χ0n) is 8.57. The van der Waals surface area contributed by atoms with Crippen LogP contribution in [0, 0.1) is 0 Å². The summed E-state index contributed by atoms with van der Waals surface area (Å²) >= 11 is 0. The lowest BCUT2D eigenvalue weighted by Gasteiger charge is -1.98. The molecule has 0 aliphatic carbocycles. The van der Waals surface area contributed by atoms with E-state index in [1.807, 2.05) is 0 Å². The van der Waals surface area contributed by atoms with Crippen molar-refractivity contribution in [3.63, 3.8) is 0 Å². The summed E-state index contributed by atoms with van der Waals surface area (Å²) < 4.78 is 0. The van der Waals surface area contributed by atoms with E-state index in [0.29, 0.717) is 5.78 Å². The van der Waals surface area contributed by atoms with E-state index >= 15 is 0 Å². The van der Waals surface area contributed by atoms with Crippen molar-refractivity contribution in [2.75, 3.05) is 0 Å². The highest BCUT2D eigenvalue weighted by Crippen LogP contribution is 2.08. The van der Waals surface area contributed by atoms with E-state index in [4.69, 9.17) is 0 Å². The minimum absolute atomic E-state index is 0.337. The molecule has 72 valence electrons. The van der Waals surface area contributed by atoms with Crippen molar-refractivity contribution in [1.82, 2.24) is 0 Å². The summed E-state index contributed by atoms with van der Waals surface area (Å²) in [5.41, 5.74) is 0. The summed E-state index contributed by atoms with van der Waals surface area (Å²) in [5.74, 6) is 0.337. The average molecular weight is 170 g/mol. The smallest absolute Gasteiger partial charge is 0.129 e. The van der Waals surface area contributed by atoms with Crippen molar-refractivity contribution in [3.8, 4) is 0 Å². The number of hydrogen-bond acceptors (Lipinski definition) is 1. The van der Waals surface area contributed by atoms with Crippen LogP contribution in [0.15, 0.2) is 0 Å². The molecule has 0 radical (unpaired) electrons. The molecule has 0 fully saturated rings. The van der Waals surface area contributed by atoms with Gasteiger partial charge < -0.3 is 4.79 Å². The Morgan fingerprint density at radius 3 is 1.92 bits per heavy atom. The average Bonchev–Trinajstić information content (AvgIpc) is 2.02. The highest BCUT2D eigenvalue weighted by Gasteiger charge is 1.93. The molecule has 0 atom stereocenters. The van der Waals surface area contributed by atoms with Crippen molar-refractivity contribution in [3.05, 3.63) is 0 Å². The number of rotatable bonds is 8. The maximum absolute atomic E-state index is 10.6. The Labute approximate surface area is 76.6 Å². The van der Waals surface area contributed by atoms with Gasteiger partial charge in [0.1, 0.15) is 5.78 Å². The van der Waals surface area contributed by atoms with Crippen LogP contribution in [-0.2, 0) is 4.79 Å². The van der Waals surface area contributed by atoms with Crippen LogP contribution in [0.4, 0.5) is 0 Å². The Bertz CT molecular complexity index is 108. The van der Waals surface area contributed by atoms with Crippen LogP contribution < -0.4 is 0 Å². The maximum Gasteiger partial charge on any atom is 0.129 e. The number of unbranched alkanes of at least 4 members (excludes halogenated alkanes) is 6. The zero-order chi connectivity index (χ0) is 9.23. The molecule has 0 amide bonds. The van der Waals surface area contributed by atoms with E-state index in [9.17, 15) is 4.79 Å². The van der Waals surface area contributed by atoms with Crippen LogP contribution in [0.1, 0.15) is 65.2 Å². The Kier molecular flexibility index (Phi) is 8.52. The minimum atomic E-state index is 0.337. The summed E-state index contributed by atoms with van der Waals surface area (Å²) in [4.78, 5) is 10.6. The van der Waals surface area contributed by atoms with E-state index in [2.05, 4.69) is 6.92 Å². The third-order valence-electron chi connectivity index (χ3n) is 2.13. The summed E-state index contributed by atoms with van der Waals surface area (Å²) in [5, 5.41) is 0. The van der Waals surface area contributed by atoms with Crippen molar-refractivity contribution in [2.24, 2.45) is 0 Å². The molecule has 0 rings (SSSR count). The van der Waals surface area contributed by atoms with Crippen LogP contribution in [-0.4, -0.2) is 5.78 Å². The first kappa shape index (κ1) is 11.7. The highest BCUT2D eigenvalue weighted by atomic mass is 16.1. The number of ketones is 1. The van der Waals surface area contributed by atoms with Gasteiger partial charge in [-0.2, -0.15) is 0 Å². The summed E-state index contributed by atoms with van der Waals surface area (Å²) in [7, 11) is 0. The van der Waals surface area contributed by atoms with E-state index in [1.54, 1.807) is 6.92 Å². The molecule has 1 nitrogen and oxygen atoms in total. The van der Waals surface area contributed by atoms with Crippen molar-refractivity contribution >= 4 is 5.78 Å². The monoisotopic (exact) mass is 170 g/mol. The third kappa shape index (κ3) is 9.67. The second kappa shape index (κ2) is 8.76. The largest absolute Gasteiger partial charge is 0.300 e. The highest BCUT2D eigenvalue weighted by molar-refractivity contribution is 5.75. The molecule has 0 aromatic rings. The van der Waals surface area contributed by atoms with E-state index in [-0.39, 0.29) is 0 Å². The molecular formula is C11H22O. The predicted molar refractivity (Wildman–Crippen MR) is 53.3 cm³/mol. The first-order valence-corrected chi connectivity index (χ1v) is 5.26. The van der Waals surface area contributed by atoms with Crippen molar-refractivity contribution < 1.29 is 4.79 Å². The van der Waals surface area contributed by atoms with Gasteiger partial charge >= 0.3 is 0 Å². The maximum atomic E-state index is 10.6. The van der Waals surface area contributed by atoms with E-state index in [1.165, 1.54) is 38.5 Å². The molecule has 12 heavy (non-hydrogen) atoms. The van der Waals surface area contributed by atoms with Gasteiger partial charge in [0.15, 0.2) is 0 Å². The SMILES string of the molecule is CCCCCCCCCC(C)=O. The lowest BCUT2D eigenvalue weighted by Crippen LogP contribution is -1.89. The molecule has 0 bridgehead atoms. The summed E-state index contributed by atoms with van der Waals surface area (Å²) in [6, 6.07) is 0. The molecule has 0 spiro atoms. The number of carbonyl (C=O) groups is 1. The van der Waals surface area contributed by atoms with E-state index in [0.717, 1.165) is 12.8 Å². The van der Waals surface area contributed by atoms with Gasteiger partial charge in [0.2, 0.25) is 0 Å². The van der Waals surface area contributed by atoms with Crippen LogP contribution in [0.5, 0.6) is 0 Å². The molecule has 0 saturated carbocycles. The fourth-order valence-corrected chi connectivity index (χ4v) is 1.33. The van der Waals surface area contributed by atoms with Gasteiger partial charge in [0, 0.05) is 6.42 Å². The molecule has 1 heteroatoms. The molecule has 0 unspecified atom stereocenters. The van der Waals surface area contributed by atoms with Gasteiger partial charge in [0.05, 0.1) is 0 Å². The molecule has 0 aliphatic rings. The van der Waals surface area contributed by atoms with Gasteiger partial charge in [-0.25, -0.2) is 0 Å². The summed E-state index contributed by atoms with van der Waals surface area (Å²) in [6.07, 6.45) is 9.84. The van der Waals surface area contributed by atoms with Crippen LogP contribution in [0.3, 0.4) is 0 Å². The van der Waals surface area contributed by atoms with Gasteiger partial charge in [-0.15, -0.1) is 0 Å². The fourth-order valence-electron chi connectivity index (χ4n) is 1.33. The molecule has 0 aliphatic heterocycles. The number of Topliss-reactive ketones (excluding diaryl/α,β-unsaturated/α-hetero) is 1. The Morgan fingerprint density at radius 1 is 0.917 bits per heavy atom. The fraction of sp³-hybridized carbons (Fsp3) is 0.909. The van der Waals surface area contributed by atoms with Gasteiger partial charge in [0.25, 0.3) is 0 Å². The van der Waals surface area contributed by atoms with Crippen molar-refractivity contribution in [1.29, 1.82) is 0 Å². The first-order valence-electron chi connectivity index (χ1n) is 5.26.